The highest BCUT2D eigenvalue weighted by Gasteiger charge is 2.16. The van der Waals surface area contributed by atoms with Crippen LogP contribution in [-0.4, -0.2) is 36.5 Å². The second kappa shape index (κ2) is 6.46. The van der Waals surface area contributed by atoms with Crippen LogP contribution in [0, 0.1) is 0 Å². The zero-order valence-corrected chi connectivity index (χ0v) is 13.4. The molecule has 3 rings (SSSR count). The predicted octanol–water partition coefficient (Wildman–Crippen LogP) is -0.396. The minimum atomic E-state index is -0.834. The first kappa shape index (κ1) is 16.2. The van der Waals surface area contributed by atoms with Crippen molar-refractivity contribution in [2.45, 2.75) is 19.3 Å². The van der Waals surface area contributed by atoms with Gasteiger partial charge in [0, 0.05) is 14.1 Å². The van der Waals surface area contributed by atoms with E-state index in [1.165, 1.54) is 22.5 Å². The summed E-state index contributed by atoms with van der Waals surface area (Å²) < 4.78 is 14.4. The first-order valence-electron chi connectivity index (χ1n) is 7.38. The fraction of sp³-hybridized carbons (Fsp3) is 0.400. The number of fused-ring (bicyclic) bond motifs is 1. The minimum Gasteiger partial charge on any atom is -0.467 e. The van der Waals surface area contributed by atoms with E-state index in [0.29, 0.717) is 5.76 Å². The van der Waals surface area contributed by atoms with Gasteiger partial charge in [0.25, 0.3) is 5.56 Å². The summed E-state index contributed by atoms with van der Waals surface area (Å²) in [7, 11) is 2.95. The van der Waals surface area contributed by atoms with Crippen LogP contribution in [0.5, 0.6) is 0 Å². The summed E-state index contributed by atoms with van der Waals surface area (Å²) in [6.07, 6.45) is 2.15. The van der Waals surface area contributed by atoms with E-state index in [0.717, 1.165) is 4.57 Å². The molecular formula is C15H18N4O5. The minimum absolute atomic E-state index is 0.0758. The third kappa shape index (κ3) is 2.91. The van der Waals surface area contributed by atoms with Crippen LogP contribution >= 0.6 is 0 Å². The van der Waals surface area contributed by atoms with Gasteiger partial charge in [0.1, 0.15) is 12.4 Å². The van der Waals surface area contributed by atoms with E-state index in [1.807, 2.05) is 0 Å². The van der Waals surface area contributed by atoms with Crippen LogP contribution in [0.1, 0.15) is 5.76 Å². The maximum atomic E-state index is 12.3. The molecule has 0 amide bonds. The molecule has 24 heavy (non-hydrogen) atoms. The molecule has 0 bridgehead atoms. The van der Waals surface area contributed by atoms with Crippen LogP contribution in [0.25, 0.3) is 11.2 Å². The quantitative estimate of drug-likeness (QED) is 0.658. The van der Waals surface area contributed by atoms with E-state index < -0.39 is 17.4 Å². The van der Waals surface area contributed by atoms with Crippen molar-refractivity contribution in [2.24, 2.45) is 14.1 Å². The zero-order valence-electron chi connectivity index (χ0n) is 13.4. The number of aliphatic hydroxyl groups excluding tert-OH is 1. The van der Waals surface area contributed by atoms with Crippen molar-refractivity contribution in [3.05, 3.63) is 51.3 Å². The molecule has 9 heteroatoms. The van der Waals surface area contributed by atoms with E-state index in [9.17, 15) is 14.7 Å². The number of hydrogen-bond acceptors (Lipinski definition) is 6. The number of imidazole rings is 1. The molecule has 3 aromatic rings. The van der Waals surface area contributed by atoms with Gasteiger partial charge in [-0.2, -0.15) is 0 Å². The molecule has 128 valence electrons. The normalized spacial score (nSPS) is 12.8. The molecular weight excluding hydrogens is 316 g/mol. The van der Waals surface area contributed by atoms with Gasteiger partial charge in [-0.3, -0.25) is 13.9 Å². The second-order valence-electron chi connectivity index (χ2n) is 5.52. The third-order valence-electron chi connectivity index (χ3n) is 3.76. The average molecular weight is 334 g/mol. The van der Waals surface area contributed by atoms with Gasteiger partial charge in [-0.15, -0.1) is 0 Å². The van der Waals surface area contributed by atoms with Crippen molar-refractivity contribution in [1.29, 1.82) is 0 Å². The summed E-state index contributed by atoms with van der Waals surface area (Å²) in [4.78, 5) is 28.3. The lowest BCUT2D eigenvalue weighted by Gasteiger charge is -2.12. The van der Waals surface area contributed by atoms with Crippen molar-refractivity contribution in [3.8, 4) is 0 Å². The summed E-state index contributed by atoms with van der Waals surface area (Å²) in [6, 6.07) is 3.53. The Morgan fingerprint density at radius 2 is 2.12 bits per heavy atom. The van der Waals surface area contributed by atoms with Gasteiger partial charge < -0.3 is 18.8 Å². The Bertz CT molecular complexity index is 951. The van der Waals surface area contributed by atoms with Crippen LogP contribution in [-0.2, 0) is 32.0 Å². The second-order valence-corrected chi connectivity index (χ2v) is 5.52. The summed E-state index contributed by atoms with van der Waals surface area (Å²) >= 11 is 0. The van der Waals surface area contributed by atoms with Crippen LogP contribution in [0.2, 0.25) is 0 Å². The number of furan rings is 1. The SMILES string of the molecule is Cn1c(=O)c2c(ncn2C[C@@H](O)COCc2ccco2)n(C)c1=O. The third-order valence-corrected chi connectivity index (χ3v) is 3.76. The molecule has 3 aromatic heterocycles. The Hall–Kier alpha value is -2.65. The smallest absolute Gasteiger partial charge is 0.332 e. The lowest BCUT2D eigenvalue weighted by Crippen LogP contribution is -2.38. The molecule has 0 aromatic carbocycles. The van der Waals surface area contributed by atoms with Crippen molar-refractivity contribution in [2.75, 3.05) is 6.61 Å². The standard InChI is InChI=1S/C15H18N4O5/c1-17-13-12(14(21)18(2)15(17)22)19(9-16-13)6-10(20)7-23-8-11-4-3-5-24-11/h3-5,9-10,20H,6-8H2,1-2H3/t10-/m1/s1. The molecule has 0 saturated heterocycles. The Labute approximate surface area is 136 Å². The molecule has 0 spiro atoms. The molecule has 1 N–H and O–H groups in total. The van der Waals surface area contributed by atoms with Gasteiger partial charge in [-0.25, -0.2) is 9.78 Å². The number of nitrogens with zero attached hydrogens (tertiary/aromatic N) is 4. The van der Waals surface area contributed by atoms with Gasteiger partial charge in [-0.1, -0.05) is 0 Å². The summed E-state index contributed by atoms with van der Waals surface area (Å²) in [6.45, 7) is 0.458. The van der Waals surface area contributed by atoms with Gasteiger partial charge in [0.2, 0.25) is 0 Å². The number of ether oxygens (including phenoxy) is 1. The molecule has 3 heterocycles. The van der Waals surface area contributed by atoms with E-state index in [2.05, 4.69) is 4.98 Å². The molecule has 0 fully saturated rings. The number of rotatable bonds is 6. The Kier molecular flexibility index (Phi) is 4.36. The van der Waals surface area contributed by atoms with Gasteiger partial charge in [-0.05, 0) is 12.1 Å². The predicted molar refractivity (Wildman–Crippen MR) is 84.6 cm³/mol. The Morgan fingerprint density at radius 3 is 2.83 bits per heavy atom. The first-order valence-corrected chi connectivity index (χ1v) is 7.38. The molecule has 0 aliphatic rings. The highest BCUT2D eigenvalue weighted by Crippen LogP contribution is 2.07. The highest BCUT2D eigenvalue weighted by atomic mass is 16.5. The van der Waals surface area contributed by atoms with Crippen LogP contribution in [0.15, 0.2) is 38.7 Å². The van der Waals surface area contributed by atoms with Gasteiger partial charge in [0.05, 0.1) is 31.8 Å². The summed E-state index contributed by atoms with van der Waals surface area (Å²) in [5.74, 6) is 0.666. The maximum absolute atomic E-state index is 12.3. The molecule has 0 aliphatic carbocycles. The molecule has 0 unspecified atom stereocenters. The highest BCUT2D eigenvalue weighted by molar-refractivity contribution is 5.69. The van der Waals surface area contributed by atoms with E-state index >= 15 is 0 Å². The lowest BCUT2D eigenvalue weighted by molar-refractivity contribution is 0.0151. The molecule has 1 atom stereocenters. The summed E-state index contributed by atoms with van der Waals surface area (Å²) in [5.41, 5.74) is -0.342. The van der Waals surface area contributed by atoms with E-state index in [-0.39, 0.29) is 30.9 Å². The fourth-order valence-corrected chi connectivity index (χ4v) is 2.51. The van der Waals surface area contributed by atoms with Crippen LogP contribution in [0.4, 0.5) is 0 Å². The van der Waals surface area contributed by atoms with Crippen LogP contribution in [0.3, 0.4) is 0 Å². The average Bonchev–Trinajstić information content (AvgIpc) is 3.21. The van der Waals surface area contributed by atoms with Gasteiger partial charge >= 0.3 is 5.69 Å². The van der Waals surface area contributed by atoms with Crippen molar-refractivity contribution in [3.63, 3.8) is 0 Å². The largest absolute Gasteiger partial charge is 0.467 e. The fourth-order valence-electron chi connectivity index (χ4n) is 2.51. The van der Waals surface area contributed by atoms with Gasteiger partial charge in [0.15, 0.2) is 11.2 Å². The lowest BCUT2D eigenvalue weighted by atomic mass is 10.3. The molecule has 0 saturated carbocycles. The monoisotopic (exact) mass is 334 g/mol. The van der Waals surface area contributed by atoms with Crippen molar-refractivity contribution >= 4 is 11.2 Å². The zero-order chi connectivity index (χ0) is 17.3. The van der Waals surface area contributed by atoms with Crippen LogP contribution < -0.4 is 11.2 Å². The molecule has 0 aliphatic heterocycles. The van der Waals surface area contributed by atoms with Crippen molar-refractivity contribution in [1.82, 2.24) is 18.7 Å². The first-order chi connectivity index (χ1) is 11.5. The van der Waals surface area contributed by atoms with E-state index in [1.54, 1.807) is 25.4 Å². The number of aliphatic hydroxyl groups is 1. The number of aromatic nitrogens is 4. The number of hydrogen-bond donors (Lipinski definition) is 1. The Morgan fingerprint density at radius 1 is 1.33 bits per heavy atom. The topological polar surface area (TPSA) is 104 Å². The number of aryl methyl sites for hydroxylation is 1. The van der Waals surface area contributed by atoms with E-state index in [4.69, 9.17) is 9.15 Å². The Balaban J connectivity index is 1.75. The molecule has 9 nitrogen and oxygen atoms in total. The maximum Gasteiger partial charge on any atom is 0.332 e. The summed E-state index contributed by atoms with van der Waals surface area (Å²) in [5, 5.41) is 10.1. The molecule has 0 radical (unpaired) electrons. The van der Waals surface area contributed by atoms with Crippen molar-refractivity contribution < 1.29 is 14.3 Å².